The molecule has 2 rings (SSSR count). The predicted octanol–water partition coefficient (Wildman–Crippen LogP) is 1.67. The normalized spacial score (nSPS) is 19.2. The van der Waals surface area contributed by atoms with Gasteiger partial charge in [0.05, 0.1) is 23.5 Å². The number of hydrogen-bond donors (Lipinski definition) is 0. The number of carbonyl (C=O) groups excluding carboxylic acids is 1. The molecule has 1 heterocycles. The number of hydrogen-bond acceptors (Lipinski definition) is 4. The number of nitrogens with zero attached hydrogens (tertiary/aromatic N) is 2. The fourth-order valence-electron chi connectivity index (χ4n) is 1.91. The van der Waals surface area contributed by atoms with Crippen molar-refractivity contribution in [2.45, 2.75) is 6.10 Å². The molecule has 1 aromatic rings. The fraction of sp³-hybridized carbons (Fsp3) is 0.417. The highest BCUT2D eigenvalue weighted by atomic mass is 35.5. The highest BCUT2D eigenvalue weighted by Crippen LogP contribution is 2.15. The lowest BCUT2D eigenvalue weighted by atomic mass is 10.1. The molecule has 0 spiro atoms. The molecule has 0 aromatic heterocycles. The molecule has 1 aliphatic heterocycles. The van der Waals surface area contributed by atoms with Gasteiger partial charge < -0.3 is 9.64 Å². The highest BCUT2D eigenvalue weighted by molar-refractivity contribution is 6.18. The zero-order chi connectivity index (χ0) is 13.8. The maximum absolute atomic E-state index is 12.2. The Bertz CT molecular complexity index is 477. The number of rotatable bonds is 3. The van der Waals surface area contributed by atoms with Gasteiger partial charge in [-0.25, -0.2) is 0 Å². The Kier molecular flexibility index (Phi) is 4.34. The summed E-state index contributed by atoms with van der Waals surface area (Å²) in [6.07, 6.45) is -0.155. The number of nitro benzene ring substituents is 1. The van der Waals surface area contributed by atoms with Crippen LogP contribution in [0.3, 0.4) is 0 Å². The SMILES string of the molecule is O=C(c1ccc([N+](=O)[O-])cc1)N1CCOC(CCl)C1. The van der Waals surface area contributed by atoms with Gasteiger partial charge in [-0.05, 0) is 12.1 Å². The Labute approximate surface area is 115 Å². The maximum atomic E-state index is 12.2. The van der Waals surface area contributed by atoms with E-state index in [-0.39, 0.29) is 17.7 Å². The standard InChI is InChI=1S/C12H13ClN2O4/c13-7-11-8-14(5-6-19-11)12(16)9-1-3-10(4-2-9)15(17)18/h1-4,11H,5-8H2. The van der Waals surface area contributed by atoms with Crippen LogP contribution in [0.2, 0.25) is 0 Å². The second-order valence-corrected chi connectivity index (χ2v) is 4.51. The average molecular weight is 285 g/mol. The van der Waals surface area contributed by atoms with Gasteiger partial charge in [-0.15, -0.1) is 11.6 Å². The van der Waals surface area contributed by atoms with E-state index in [0.29, 0.717) is 31.1 Å². The molecule has 1 fully saturated rings. The van der Waals surface area contributed by atoms with Crippen molar-refractivity contribution in [3.8, 4) is 0 Å². The van der Waals surface area contributed by atoms with E-state index < -0.39 is 4.92 Å². The van der Waals surface area contributed by atoms with Crippen LogP contribution in [0.5, 0.6) is 0 Å². The minimum Gasteiger partial charge on any atom is -0.373 e. The van der Waals surface area contributed by atoms with E-state index in [1.54, 1.807) is 4.90 Å². The number of nitro groups is 1. The number of carbonyl (C=O) groups is 1. The van der Waals surface area contributed by atoms with E-state index in [0.717, 1.165) is 0 Å². The van der Waals surface area contributed by atoms with Crippen molar-refractivity contribution in [3.63, 3.8) is 0 Å². The van der Waals surface area contributed by atoms with Crippen LogP contribution in [0.15, 0.2) is 24.3 Å². The van der Waals surface area contributed by atoms with Crippen LogP contribution < -0.4 is 0 Å². The van der Waals surface area contributed by atoms with Crippen molar-refractivity contribution in [2.24, 2.45) is 0 Å². The third-order valence-electron chi connectivity index (χ3n) is 2.92. The van der Waals surface area contributed by atoms with Gasteiger partial charge in [0.2, 0.25) is 0 Å². The summed E-state index contributed by atoms with van der Waals surface area (Å²) in [6.45, 7) is 1.40. The van der Waals surface area contributed by atoms with Crippen molar-refractivity contribution in [3.05, 3.63) is 39.9 Å². The third kappa shape index (κ3) is 3.21. The van der Waals surface area contributed by atoms with E-state index in [2.05, 4.69) is 0 Å². The summed E-state index contributed by atoms with van der Waals surface area (Å²) in [6, 6.07) is 5.58. The fourth-order valence-corrected chi connectivity index (χ4v) is 2.09. The molecule has 0 N–H and O–H groups in total. The summed E-state index contributed by atoms with van der Waals surface area (Å²) in [5, 5.41) is 10.5. The summed E-state index contributed by atoms with van der Waals surface area (Å²) in [4.78, 5) is 23.9. The maximum Gasteiger partial charge on any atom is 0.269 e. The Morgan fingerprint density at radius 2 is 2.16 bits per heavy atom. The van der Waals surface area contributed by atoms with Gasteiger partial charge in [0, 0.05) is 30.8 Å². The van der Waals surface area contributed by atoms with E-state index in [4.69, 9.17) is 16.3 Å². The second-order valence-electron chi connectivity index (χ2n) is 4.20. The van der Waals surface area contributed by atoms with E-state index in [1.165, 1.54) is 24.3 Å². The molecular formula is C12H13ClN2O4. The summed E-state index contributed by atoms with van der Waals surface area (Å²) >= 11 is 5.71. The first kappa shape index (κ1) is 13.8. The number of benzene rings is 1. The van der Waals surface area contributed by atoms with Crippen LogP contribution in [0, 0.1) is 10.1 Å². The first-order valence-corrected chi connectivity index (χ1v) is 6.36. The van der Waals surface area contributed by atoms with Crippen molar-refractivity contribution >= 4 is 23.2 Å². The number of non-ortho nitro benzene ring substituents is 1. The first-order valence-electron chi connectivity index (χ1n) is 5.83. The van der Waals surface area contributed by atoms with Crippen LogP contribution in [-0.4, -0.2) is 47.4 Å². The molecule has 1 atom stereocenters. The molecular weight excluding hydrogens is 272 g/mol. The molecule has 1 aliphatic rings. The summed E-state index contributed by atoms with van der Waals surface area (Å²) < 4.78 is 5.38. The molecule has 102 valence electrons. The lowest BCUT2D eigenvalue weighted by molar-refractivity contribution is -0.384. The lowest BCUT2D eigenvalue weighted by Gasteiger charge is -2.32. The van der Waals surface area contributed by atoms with Crippen LogP contribution in [0.25, 0.3) is 0 Å². The molecule has 19 heavy (non-hydrogen) atoms. The van der Waals surface area contributed by atoms with Gasteiger partial charge >= 0.3 is 0 Å². The van der Waals surface area contributed by atoms with Gasteiger partial charge in [0.15, 0.2) is 0 Å². The molecule has 7 heteroatoms. The van der Waals surface area contributed by atoms with E-state index in [9.17, 15) is 14.9 Å². The van der Waals surface area contributed by atoms with Crippen LogP contribution in [-0.2, 0) is 4.74 Å². The van der Waals surface area contributed by atoms with Gasteiger partial charge in [-0.1, -0.05) is 0 Å². The van der Waals surface area contributed by atoms with E-state index >= 15 is 0 Å². The quantitative estimate of drug-likeness (QED) is 0.481. The molecule has 0 radical (unpaired) electrons. The molecule has 0 aliphatic carbocycles. The number of amides is 1. The molecule has 0 bridgehead atoms. The van der Waals surface area contributed by atoms with Crippen LogP contribution in [0.4, 0.5) is 5.69 Å². The Morgan fingerprint density at radius 1 is 1.47 bits per heavy atom. The Morgan fingerprint density at radius 3 is 2.74 bits per heavy atom. The third-order valence-corrected chi connectivity index (χ3v) is 3.27. The minimum absolute atomic E-state index is 0.0304. The molecule has 1 unspecified atom stereocenters. The number of morpholine rings is 1. The smallest absolute Gasteiger partial charge is 0.269 e. The number of halogens is 1. The highest BCUT2D eigenvalue weighted by Gasteiger charge is 2.24. The topological polar surface area (TPSA) is 72.7 Å². The second kappa shape index (κ2) is 5.99. The lowest BCUT2D eigenvalue weighted by Crippen LogP contribution is -2.46. The molecule has 1 aromatic carbocycles. The zero-order valence-corrected chi connectivity index (χ0v) is 10.9. The largest absolute Gasteiger partial charge is 0.373 e. The van der Waals surface area contributed by atoms with Crippen molar-refractivity contribution in [1.82, 2.24) is 4.90 Å². The van der Waals surface area contributed by atoms with Gasteiger partial charge in [-0.3, -0.25) is 14.9 Å². The van der Waals surface area contributed by atoms with Gasteiger partial charge in [0.25, 0.3) is 11.6 Å². The van der Waals surface area contributed by atoms with Crippen molar-refractivity contribution in [2.75, 3.05) is 25.6 Å². The predicted molar refractivity (Wildman–Crippen MR) is 69.5 cm³/mol. The number of alkyl halides is 1. The summed E-state index contributed by atoms with van der Waals surface area (Å²) in [5.41, 5.74) is 0.401. The van der Waals surface area contributed by atoms with E-state index in [1.807, 2.05) is 0 Å². The van der Waals surface area contributed by atoms with Crippen molar-refractivity contribution in [1.29, 1.82) is 0 Å². The Hall–Kier alpha value is -1.66. The molecule has 1 amide bonds. The molecule has 0 saturated carbocycles. The number of ether oxygens (including phenoxy) is 1. The first-order chi connectivity index (χ1) is 9.11. The van der Waals surface area contributed by atoms with Crippen LogP contribution in [0.1, 0.15) is 10.4 Å². The molecule has 6 nitrogen and oxygen atoms in total. The van der Waals surface area contributed by atoms with Crippen LogP contribution >= 0.6 is 11.6 Å². The van der Waals surface area contributed by atoms with Gasteiger partial charge in [-0.2, -0.15) is 0 Å². The minimum atomic E-state index is -0.494. The summed E-state index contributed by atoms with van der Waals surface area (Å²) in [7, 11) is 0. The average Bonchev–Trinajstić information content (AvgIpc) is 2.46. The molecule has 1 saturated heterocycles. The van der Waals surface area contributed by atoms with Gasteiger partial charge in [0.1, 0.15) is 0 Å². The van der Waals surface area contributed by atoms with Crippen molar-refractivity contribution < 1.29 is 14.5 Å². The Balaban J connectivity index is 2.08. The monoisotopic (exact) mass is 284 g/mol. The summed E-state index contributed by atoms with van der Waals surface area (Å²) in [5.74, 6) is 0.178. The zero-order valence-electron chi connectivity index (χ0n) is 10.1.